The number of nitrogens with one attached hydrogen (secondary N) is 2. The zero-order chi connectivity index (χ0) is 16.4. The molecule has 8 N–H and O–H groups in total. The van der Waals surface area contributed by atoms with Crippen LogP contribution in [-0.2, 0) is 9.59 Å². The van der Waals surface area contributed by atoms with Crippen molar-refractivity contribution in [3.05, 3.63) is 0 Å². The summed E-state index contributed by atoms with van der Waals surface area (Å²) in [6.45, 7) is 4.28. The highest BCUT2D eigenvalue weighted by molar-refractivity contribution is 5.89. The van der Waals surface area contributed by atoms with Crippen molar-refractivity contribution in [3.63, 3.8) is 0 Å². The smallest absolute Gasteiger partial charge is 0.240 e. The number of rotatable bonds is 10. The number of hydrogen-bond acceptors (Lipinski definition) is 4. The molecule has 0 aromatic carbocycles. The van der Waals surface area contributed by atoms with Crippen LogP contribution in [0.15, 0.2) is 4.99 Å². The van der Waals surface area contributed by atoms with Crippen LogP contribution in [0, 0.1) is 5.92 Å². The predicted molar refractivity (Wildman–Crippen MR) is 83.3 cm³/mol. The molecule has 0 saturated heterocycles. The van der Waals surface area contributed by atoms with Crippen molar-refractivity contribution in [1.29, 1.82) is 0 Å². The normalized spacial score (nSPS) is 14.8. The van der Waals surface area contributed by atoms with Gasteiger partial charge in [-0.1, -0.05) is 20.3 Å². The average molecular weight is 300 g/mol. The van der Waals surface area contributed by atoms with Crippen LogP contribution >= 0.6 is 0 Å². The zero-order valence-electron chi connectivity index (χ0n) is 13.1. The number of amides is 2. The molecule has 0 saturated carbocycles. The Hall–Kier alpha value is -1.83. The monoisotopic (exact) mass is 300 g/mol. The second-order valence-corrected chi connectivity index (χ2v) is 5.06. The van der Waals surface area contributed by atoms with E-state index < -0.39 is 18.0 Å². The molecule has 0 heterocycles. The van der Waals surface area contributed by atoms with Gasteiger partial charge in [0.15, 0.2) is 5.96 Å². The lowest BCUT2D eigenvalue weighted by atomic mass is 9.98. The predicted octanol–water partition coefficient (Wildman–Crippen LogP) is -1.36. The first-order valence-electron chi connectivity index (χ1n) is 7.15. The van der Waals surface area contributed by atoms with Crippen LogP contribution in [-0.4, -0.2) is 43.5 Å². The van der Waals surface area contributed by atoms with Gasteiger partial charge in [0.25, 0.3) is 0 Å². The van der Waals surface area contributed by atoms with Crippen molar-refractivity contribution < 1.29 is 9.59 Å². The van der Waals surface area contributed by atoms with Gasteiger partial charge in [0.2, 0.25) is 11.8 Å². The largest absolute Gasteiger partial charge is 0.370 e. The standard InChI is InChI=1S/C13H28N6O2/c1-4-8(2)10(11(14)20)19-12(21)9(17-3)6-5-7-18-13(15)16/h8-10,17H,4-7H2,1-3H3,(H2,14,20)(H,19,21)(H4,15,16,18)/t8-,9-,10-/m1/s1. The van der Waals surface area contributed by atoms with Crippen molar-refractivity contribution >= 4 is 17.8 Å². The molecule has 2 amide bonds. The Morgan fingerprint density at radius 3 is 2.29 bits per heavy atom. The van der Waals surface area contributed by atoms with E-state index in [0.717, 1.165) is 6.42 Å². The molecule has 21 heavy (non-hydrogen) atoms. The van der Waals surface area contributed by atoms with Crippen molar-refractivity contribution in [1.82, 2.24) is 10.6 Å². The van der Waals surface area contributed by atoms with Crippen LogP contribution in [0.5, 0.6) is 0 Å². The Morgan fingerprint density at radius 2 is 1.86 bits per heavy atom. The zero-order valence-corrected chi connectivity index (χ0v) is 13.1. The van der Waals surface area contributed by atoms with Crippen LogP contribution in [0.4, 0.5) is 0 Å². The fraction of sp³-hybridized carbons (Fsp3) is 0.769. The molecule has 0 aromatic rings. The average Bonchev–Trinajstić information content (AvgIpc) is 2.43. The van der Waals surface area contributed by atoms with Gasteiger partial charge in [0, 0.05) is 6.54 Å². The molecule has 0 aliphatic heterocycles. The number of likely N-dealkylation sites (N-methyl/N-ethyl adjacent to an activating group) is 1. The third kappa shape index (κ3) is 7.50. The molecule has 0 fully saturated rings. The number of guanidine groups is 1. The summed E-state index contributed by atoms with van der Waals surface area (Å²) in [7, 11) is 1.69. The number of carbonyl (C=O) groups is 2. The molecule has 0 radical (unpaired) electrons. The molecule has 0 rings (SSSR count). The first-order chi connectivity index (χ1) is 9.83. The number of hydrogen-bond donors (Lipinski definition) is 5. The first-order valence-corrected chi connectivity index (χ1v) is 7.15. The van der Waals surface area contributed by atoms with Crippen molar-refractivity contribution in [2.75, 3.05) is 13.6 Å². The minimum Gasteiger partial charge on any atom is -0.370 e. The van der Waals surface area contributed by atoms with E-state index in [9.17, 15) is 9.59 Å². The summed E-state index contributed by atoms with van der Waals surface area (Å²) in [6.07, 6.45) is 1.97. The maximum Gasteiger partial charge on any atom is 0.240 e. The molecule has 0 aliphatic carbocycles. The fourth-order valence-electron chi connectivity index (χ4n) is 1.89. The van der Waals surface area contributed by atoms with E-state index in [1.165, 1.54) is 0 Å². The second-order valence-electron chi connectivity index (χ2n) is 5.06. The summed E-state index contributed by atoms with van der Waals surface area (Å²) in [6, 6.07) is -1.07. The minimum atomic E-state index is -0.656. The van der Waals surface area contributed by atoms with Crippen LogP contribution in [0.25, 0.3) is 0 Å². The van der Waals surface area contributed by atoms with Gasteiger partial charge in [-0.3, -0.25) is 14.6 Å². The summed E-state index contributed by atoms with van der Waals surface area (Å²) < 4.78 is 0. The molecule has 8 nitrogen and oxygen atoms in total. The van der Waals surface area contributed by atoms with E-state index in [2.05, 4.69) is 15.6 Å². The van der Waals surface area contributed by atoms with E-state index >= 15 is 0 Å². The van der Waals surface area contributed by atoms with E-state index in [-0.39, 0.29) is 17.8 Å². The molecule has 0 bridgehead atoms. The highest BCUT2D eigenvalue weighted by Gasteiger charge is 2.26. The molecule has 8 heteroatoms. The molecule has 0 spiro atoms. The van der Waals surface area contributed by atoms with Crippen molar-refractivity contribution in [3.8, 4) is 0 Å². The highest BCUT2D eigenvalue weighted by Crippen LogP contribution is 2.08. The summed E-state index contributed by atoms with van der Waals surface area (Å²) >= 11 is 0. The molecule has 3 atom stereocenters. The SMILES string of the molecule is CC[C@@H](C)[C@@H](NC(=O)[C@@H](CCCN=C(N)N)NC)C(N)=O. The maximum absolute atomic E-state index is 12.2. The number of aliphatic imine (C=N–C) groups is 1. The van der Waals surface area contributed by atoms with Crippen LogP contribution in [0.2, 0.25) is 0 Å². The topological polar surface area (TPSA) is 149 Å². The van der Waals surface area contributed by atoms with Gasteiger partial charge in [-0.05, 0) is 25.8 Å². The lowest BCUT2D eigenvalue weighted by molar-refractivity contribution is -0.129. The van der Waals surface area contributed by atoms with E-state index in [1.54, 1.807) is 7.05 Å². The van der Waals surface area contributed by atoms with Gasteiger partial charge in [0.1, 0.15) is 6.04 Å². The third-order valence-corrected chi connectivity index (χ3v) is 3.43. The van der Waals surface area contributed by atoms with Gasteiger partial charge in [0.05, 0.1) is 6.04 Å². The summed E-state index contributed by atoms with van der Waals surface area (Å²) in [5, 5.41) is 5.62. The van der Waals surface area contributed by atoms with Gasteiger partial charge < -0.3 is 27.8 Å². The summed E-state index contributed by atoms with van der Waals surface area (Å²) in [5.74, 6) is -0.740. The Balaban J connectivity index is 4.49. The lowest BCUT2D eigenvalue weighted by Crippen LogP contribution is -2.53. The van der Waals surface area contributed by atoms with E-state index in [1.807, 2.05) is 13.8 Å². The van der Waals surface area contributed by atoms with Gasteiger partial charge in [-0.15, -0.1) is 0 Å². The van der Waals surface area contributed by atoms with Crippen LogP contribution < -0.4 is 27.8 Å². The van der Waals surface area contributed by atoms with Crippen LogP contribution in [0.3, 0.4) is 0 Å². The number of nitrogens with zero attached hydrogens (tertiary/aromatic N) is 1. The van der Waals surface area contributed by atoms with Crippen molar-refractivity contribution in [2.24, 2.45) is 28.1 Å². The molecule has 0 aromatic heterocycles. The number of carbonyl (C=O) groups excluding carboxylic acids is 2. The quantitative estimate of drug-likeness (QED) is 0.192. The number of nitrogens with two attached hydrogens (primary N) is 3. The van der Waals surface area contributed by atoms with E-state index in [4.69, 9.17) is 17.2 Å². The molecular weight excluding hydrogens is 272 g/mol. The molecule has 0 unspecified atom stereocenters. The Bertz CT molecular complexity index is 368. The van der Waals surface area contributed by atoms with Crippen LogP contribution in [0.1, 0.15) is 33.1 Å². The van der Waals surface area contributed by atoms with Gasteiger partial charge in [-0.25, -0.2) is 0 Å². The first kappa shape index (κ1) is 19.2. The molecule has 0 aliphatic rings. The fourth-order valence-corrected chi connectivity index (χ4v) is 1.89. The Morgan fingerprint density at radius 1 is 1.24 bits per heavy atom. The lowest BCUT2D eigenvalue weighted by Gasteiger charge is -2.24. The third-order valence-electron chi connectivity index (χ3n) is 3.43. The second kappa shape index (κ2) is 9.98. The van der Waals surface area contributed by atoms with Gasteiger partial charge in [-0.2, -0.15) is 0 Å². The highest BCUT2D eigenvalue weighted by atomic mass is 16.2. The molecular formula is C13H28N6O2. The maximum atomic E-state index is 12.2. The van der Waals surface area contributed by atoms with Crippen molar-refractivity contribution in [2.45, 2.75) is 45.2 Å². The van der Waals surface area contributed by atoms with E-state index in [0.29, 0.717) is 19.4 Å². The Labute approximate surface area is 125 Å². The number of primary amides is 1. The Kier molecular flexibility index (Phi) is 9.11. The molecule has 122 valence electrons. The van der Waals surface area contributed by atoms with Gasteiger partial charge >= 0.3 is 0 Å². The minimum absolute atomic E-state index is 0.00871. The summed E-state index contributed by atoms with van der Waals surface area (Å²) in [4.78, 5) is 27.5. The summed E-state index contributed by atoms with van der Waals surface area (Å²) in [5.41, 5.74) is 15.8.